The molecule has 4 aromatic carbocycles. The smallest absolute Gasteiger partial charge is 0.303 e. The van der Waals surface area contributed by atoms with Crippen LogP contribution in [0.15, 0.2) is 103 Å². The van der Waals surface area contributed by atoms with Crippen LogP contribution in [-0.4, -0.2) is 57.8 Å². The molecule has 1 fully saturated rings. The highest BCUT2D eigenvalue weighted by Gasteiger charge is 2.39. The molecule has 6 atom stereocenters. The Balaban J connectivity index is 1.37. The summed E-state index contributed by atoms with van der Waals surface area (Å²) in [6.07, 6.45) is -2.10. The van der Waals surface area contributed by atoms with Gasteiger partial charge in [-0.05, 0) is 59.5 Å². The van der Waals surface area contributed by atoms with E-state index in [4.69, 9.17) is 14.6 Å². The van der Waals surface area contributed by atoms with Crippen molar-refractivity contribution in [1.29, 1.82) is 0 Å². The molecule has 9 nitrogen and oxygen atoms in total. The van der Waals surface area contributed by atoms with Crippen LogP contribution in [0.1, 0.15) is 73.0 Å². The largest absolute Gasteiger partial charge is 0.481 e. The monoisotopic (exact) mass is 666 g/mol. The fourth-order valence-electron chi connectivity index (χ4n) is 6.18. The summed E-state index contributed by atoms with van der Waals surface area (Å²) in [7, 11) is 2.00. The number of aliphatic carboxylic acids is 1. The fourth-order valence-corrected chi connectivity index (χ4v) is 6.18. The Labute approximate surface area is 288 Å². The minimum atomic E-state index is -1.00. The number of rotatable bonds is 14. The summed E-state index contributed by atoms with van der Waals surface area (Å²) < 4.78 is 13.4. The van der Waals surface area contributed by atoms with E-state index in [9.17, 15) is 19.8 Å². The van der Waals surface area contributed by atoms with Gasteiger partial charge >= 0.3 is 5.97 Å². The predicted molar refractivity (Wildman–Crippen MR) is 187 cm³/mol. The molecule has 0 aliphatic carbocycles. The zero-order valence-electron chi connectivity index (χ0n) is 28.2. The molecule has 1 heterocycles. The van der Waals surface area contributed by atoms with Crippen LogP contribution < -0.4 is 5.32 Å². The summed E-state index contributed by atoms with van der Waals surface area (Å²) in [5.41, 5.74) is 6.36. The summed E-state index contributed by atoms with van der Waals surface area (Å²) in [5, 5.41) is 32.4. The third-order valence-corrected chi connectivity index (χ3v) is 9.36. The SMILES string of the molecule is C[C@@H]1[C@H](CN(C)[C@@H](C)[C@H](O)c2ccccc2)O[C@H](c2cccc(-c3cccc(CNC(=O)CCC(=O)O)c3)c2)O[C@@H]1c1ccc(CO)cc1. The quantitative estimate of drug-likeness (QED) is 0.126. The van der Waals surface area contributed by atoms with Gasteiger partial charge in [0.05, 0.1) is 31.3 Å². The first-order valence-electron chi connectivity index (χ1n) is 16.7. The van der Waals surface area contributed by atoms with Gasteiger partial charge in [0.1, 0.15) is 0 Å². The zero-order chi connectivity index (χ0) is 34.9. The summed E-state index contributed by atoms with van der Waals surface area (Å²) in [4.78, 5) is 25.0. The normalized spacial score (nSPS) is 20.4. The molecule has 1 aliphatic rings. The molecule has 258 valence electrons. The minimum absolute atomic E-state index is 0.0229. The van der Waals surface area contributed by atoms with Crippen molar-refractivity contribution in [3.05, 3.63) is 131 Å². The molecule has 0 spiro atoms. The number of carbonyl (C=O) groups excluding carboxylic acids is 1. The molecule has 0 bridgehead atoms. The molecular formula is C40H46N2O7. The molecule has 0 unspecified atom stereocenters. The molecule has 5 rings (SSSR count). The second kappa shape index (κ2) is 16.8. The molecule has 0 aromatic heterocycles. The Morgan fingerprint density at radius 1 is 0.837 bits per heavy atom. The molecule has 4 N–H and O–H groups in total. The number of nitrogens with one attached hydrogen (secondary N) is 1. The molecule has 0 saturated carbocycles. The Morgan fingerprint density at radius 3 is 2.22 bits per heavy atom. The maximum absolute atomic E-state index is 12.1. The van der Waals surface area contributed by atoms with E-state index in [0.717, 1.165) is 38.9 Å². The molecule has 4 aromatic rings. The van der Waals surface area contributed by atoms with Crippen molar-refractivity contribution in [2.75, 3.05) is 13.6 Å². The van der Waals surface area contributed by atoms with Gasteiger partial charge in [-0.3, -0.25) is 14.5 Å². The van der Waals surface area contributed by atoms with E-state index in [2.05, 4.69) is 23.2 Å². The first kappa shape index (κ1) is 35.9. The highest BCUT2D eigenvalue weighted by Crippen LogP contribution is 2.42. The number of benzene rings is 4. The van der Waals surface area contributed by atoms with Crippen LogP contribution in [0, 0.1) is 5.92 Å². The number of carboxylic acids is 1. The number of aliphatic hydroxyl groups excluding tert-OH is 2. The summed E-state index contributed by atoms with van der Waals surface area (Å²) in [6, 6.07) is 33.2. The minimum Gasteiger partial charge on any atom is -0.481 e. The molecule has 9 heteroatoms. The molecule has 1 amide bonds. The number of likely N-dealkylation sites (N-methyl/N-ethyl adjacent to an activating group) is 1. The molecule has 0 radical (unpaired) electrons. The van der Waals surface area contributed by atoms with Gasteiger partial charge < -0.3 is 30.1 Å². The van der Waals surface area contributed by atoms with Crippen molar-refractivity contribution in [2.45, 2.75) is 70.5 Å². The van der Waals surface area contributed by atoms with Crippen molar-refractivity contribution in [3.63, 3.8) is 0 Å². The van der Waals surface area contributed by atoms with Crippen molar-refractivity contribution in [2.24, 2.45) is 5.92 Å². The number of hydrogen-bond acceptors (Lipinski definition) is 7. The van der Waals surface area contributed by atoms with Crippen molar-refractivity contribution in [3.8, 4) is 11.1 Å². The highest BCUT2D eigenvalue weighted by molar-refractivity contribution is 5.80. The second-order valence-corrected chi connectivity index (χ2v) is 12.9. The fraction of sp³-hybridized carbons (Fsp3) is 0.350. The third-order valence-electron chi connectivity index (χ3n) is 9.36. The molecule has 1 saturated heterocycles. The van der Waals surface area contributed by atoms with Crippen LogP contribution in [-0.2, 0) is 32.2 Å². The number of aliphatic hydroxyl groups is 2. The van der Waals surface area contributed by atoms with Crippen molar-refractivity contribution < 1.29 is 34.4 Å². The maximum atomic E-state index is 12.1. The van der Waals surface area contributed by atoms with Crippen LogP contribution in [0.2, 0.25) is 0 Å². The van der Waals surface area contributed by atoms with E-state index in [1.165, 1.54) is 0 Å². The van der Waals surface area contributed by atoms with E-state index in [1.807, 2.05) is 111 Å². The van der Waals surface area contributed by atoms with E-state index in [1.54, 1.807) is 0 Å². The lowest BCUT2D eigenvalue weighted by molar-refractivity contribution is -0.276. The van der Waals surface area contributed by atoms with Crippen molar-refractivity contribution >= 4 is 11.9 Å². The summed E-state index contributed by atoms with van der Waals surface area (Å²) >= 11 is 0. The van der Waals surface area contributed by atoms with Gasteiger partial charge in [-0.2, -0.15) is 0 Å². The summed E-state index contributed by atoms with van der Waals surface area (Å²) in [5.74, 6) is -1.33. The van der Waals surface area contributed by atoms with Crippen molar-refractivity contribution in [1.82, 2.24) is 10.2 Å². The standard InChI is InChI=1S/C40H46N2O7/c1-26-35(24-42(3)27(2)38(47)30-10-5-4-6-11-30)48-40(49-39(26)31-17-15-28(25-43)16-18-31)34-14-8-13-33(22-34)32-12-7-9-29(21-32)23-41-36(44)19-20-37(45)46/h4-18,21-22,26-27,35,38-40,43,47H,19-20,23-25H2,1-3H3,(H,41,44)(H,45,46)/t26-,27+,35+,38+,39+,40+/m1/s1. The maximum Gasteiger partial charge on any atom is 0.303 e. The number of ether oxygens (including phenoxy) is 2. The molecule has 1 aliphatic heterocycles. The lowest BCUT2D eigenvalue weighted by Gasteiger charge is -2.43. The van der Waals surface area contributed by atoms with Gasteiger partial charge in [-0.25, -0.2) is 0 Å². The second-order valence-electron chi connectivity index (χ2n) is 12.9. The average Bonchev–Trinajstić information content (AvgIpc) is 3.13. The first-order chi connectivity index (χ1) is 23.6. The highest BCUT2D eigenvalue weighted by atomic mass is 16.7. The van der Waals surface area contributed by atoms with E-state index >= 15 is 0 Å². The van der Waals surface area contributed by atoms with Gasteiger partial charge in [0.2, 0.25) is 5.91 Å². The number of carboxylic acid groups (broad SMARTS) is 1. The van der Waals surface area contributed by atoms with Gasteiger partial charge in [0, 0.05) is 37.0 Å². The van der Waals surface area contributed by atoms with Gasteiger partial charge in [0.25, 0.3) is 0 Å². The van der Waals surface area contributed by atoms with Gasteiger partial charge in [0.15, 0.2) is 6.29 Å². The van der Waals surface area contributed by atoms with Gasteiger partial charge in [-0.15, -0.1) is 0 Å². The predicted octanol–water partition coefficient (Wildman–Crippen LogP) is 6.17. The summed E-state index contributed by atoms with van der Waals surface area (Å²) in [6.45, 7) is 4.97. The Morgan fingerprint density at radius 2 is 1.53 bits per heavy atom. The van der Waals surface area contributed by atoms with E-state index in [0.29, 0.717) is 13.1 Å². The van der Waals surface area contributed by atoms with Crippen LogP contribution in [0.25, 0.3) is 11.1 Å². The number of carbonyl (C=O) groups is 2. The van der Waals surface area contributed by atoms with Crippen LogP contribution in [0.5, 0.6) is 0 Å². The number of nitrogens with zero attached hydrogens (tertiary/aromatic N) is 1. The van der Waals surface area contributed by atoms with Gasteiger partial charge in [-0.1, -0.05) is 97.9 Å². The number of hydrogen-bond donors (Lipinski definition) is 4. The Hall–Kier alpha value is -4.38. The topological polar surface area (TPSA) is 129 Å². The molecule has 49 heavy (non-hydrogen) atoms. The van der Waals surface area contributed by atoms with E-state index < -0.39 is 18.4 Å². The lowest BCUT2D eigenvalue weighted by atomic mass is 9.89. The molecular weight excluding hydrogens is 620 g/mol. The lowest BCUT2D eigenvalue weighted by Crippen LogP contribution is -2.46. The van der Waals surface area contributed by atoms with E-state index in [-0.39, 0.29) is 49.5 Å². The Bertz CT molecular complexity index is 1680. The first-order valence-corrected chi connectivity index (χ1v) is 16.7. The van der Waals surface area contributed by atoms with Crippen LogP contribution >= 0.6 is 0 Å². The third kappa shape index (κ3) is 9.41. The Kier molecular flexibility index (Phi) is 12.3. The van der Waals surface area contributed by atoms with Crippen LogP contribution in [0.3, 0.4) is 0 Å². The van der Waals surface area contributed by atoms with Crippen LogP contribution in [0.4, 0.5) is 0 Å². The number of amides is 1. The zero-order valence-corrected chi connectivity index (χ0v) is 28.2. The average molecular weight is 667 g/mol.